The van der Waals surface area contributed by atoms with E-state index in [9.17, 15) is 22.4 Å². The number of ether oxygens (including phenoxy) is 1. The number of aromatic nitrogens is 2. The molecule has 0 spiro atoms. The molecule has 1 aromatic heterocycles. The van der Waals surface area contributed by atoms with Crippen LogP contribution in [0.25, 0.3) is 22.3 Å². The third-order valence-corrected chi connectivity index (χ3v) is 7.05. The van der Waals surface area contributed by atoms with E-state index in [2.05, 4.69) is 41.9 Å². The van der Waals surface area contributed by atoms with Gasteiger partial charge in [-0.25, -0.2) is 9.37 Å². The second-order valence-electron chi connectivity index (χ2n) is 8.59. The molecule has 202 valence electrons. The van der Waals surface area contributed by atoms with Crippen molar-refractivity contribution in [1.29, 1.82) is 0 Å². The Hall–Kier alpha value is -3.83. The summed E-state index contributed by atoms with van der Waals surface area (Å²) in [5.41, 5.74) is -0.0921. The van der Waals surface area contributed by atoms with Crippen LogP contribution < -0.4 is 10.3 Å². The smallest absolute Gasteiger partial charge is 0.416 e. The van der Waals surface area contributed by atoms with Gasteiger partial charge in [-0.05, 0) is 79.9 Å². The Morgan fingerprint density at radius 1 is 0.925 bits per heavy atom. The van der Waals surface area contributed by atoms with Crippen molar-refractivity contribution in [3.8, 4) is 17.1 Å². The zero-order valence-electron chi connectivity index (χ0n) is 20.3. The number of fused-ring (bicyclic) bond motifs is 1. The quantitative estimate of drug-likeness (QED) is 0.135. The van der Waals surface area contributed by atoms with Crippen LogP contribution in [0.5, 0.6) is 5.75 Å². The highest BCUT2D eigenvalue weighted by Crippen LogP contribution is 2.35. The number of rotatable bonds is 6. The molecule has 11 heteroatoms. The second kappa shape index (κ2) is 11.3. The van der Waals surface area contributed by atoms with E-state index in [0.29, 0.717) is 31.3 Å². The van der Waals surface area contributed by atoms with Crippen molar-refractivity contribution in [3.63, 3.8) is 0 Å². The van der Waals surface area contributed by atoms with Gasteiger partial charge in [-0.15, -0.1) is 0 Å². The summed E-state index contributed by atoms with van der Waals surface area (Å²) in [7, 11) is 0. The van der Waals surface area contributed by atoms with E-state index in [1.807, 2.05) is 0 Å². The predicted octanol–water partition coefficient (Wildman–Crippen LogP) is 8.21. The van der Waals surface area contributed by atoms with E-state index in [1.54, 1.807) is 54.6 Å². The standard InChI is InChI=1S/C29H17Br2F4N3O2/c30-22-12-17(13-23(31)26(22)40-16-19-6-1-3-10-24(19)32)15-36-38-27(18-7-5-8-20(14-18)29(33,34)35)37-25-11-4-2-9-21(25)28(38)39/h1-15H,16H2. The van der Waals surface area contributed by atoms with Crippen LogP contribution in [0.15, 0.2) is 104 Å². The van der Waals surface area contributed by atoms with E-state index < -0.39 is 17.3 Å². The van der Waals surface area contributed by atoms with Gasteiger partial charge in [0.25, 0.3) is 5.56 Å². The molecule has 0 bridgehead atoms. The molecule has 5 nitrogen and oxygen atoms in total. The van der Waals surface area contributed by atoms with Crippen molar-refractivity contribution in [2.75, 3.05) is 0 Å². The van der Waals surface area contributed by atoms with E-state index in [0.717, 1.165) is 16.8 Å². The molecule has 0 radical (unpaired) electrons. The Morgan fingerprint density at radius 2 is 1.62 bits per heavy atom. The molecule has 0 aliphatic rings. The maximum Gasteiger partial charge on any atom is 0.416 e. The lowest BCUT2D eigenvalue weighted by molar-refractivity contribution is -0.137. The molecule has 0 fully saturated rings. The molecular weight excluding hydrogens is 658 g/mol. The second-order valence-corrected chi connectivity index (χ2v) is 10.3. The molecule has 0 aliphatic carbocycles. The Bertz CT molecular complexity index is 1800. The van der Waals surface area contributed by atoms with Crippen molar-refractivity contribution < 1.29 is 22.3 Å². The van der Waals surface area contributed by atoms with Crippen molar-refractivity contribution in [2.24, 2.45) is 5.10 Å². The Kier molecular flexibility index (Phi) is 7.86. The maximum absolute atomic E-state index is 14.0. The summed E-state index contributed by atoms with van der Waals surface area (Å²) in [4.78, 5) is 17.8. The molecule has 0 saturated heterocycles. The molecule has 0 aliphatic heterocycles. The third kappa shape index (κ3) is 5.85. The van der Waals surface area contributed by atoms with Gasteiger partial charge in [-0.3, -0.25) is 4.79 Å². The van der Waals surface area contributed by atoms with Gasteiger partial charge in [-0.1, -0.05) is 42.5 Å². The first-order chi connectivity index (χ1) is 19.1. The summed E-state index contributed by atoms with van der Waals surface area (Å²) in [6, 6.07) is 20.7. The minimum absolute atomic E-state index is 0.00416. The topological polar surface area (TPSA) is 56.5 Å². The number of alkyl halides is 3. The number of nitrogens with zero attached hydrogens (tertiary/aromatic N) is 3. The average Bonchev–Trinajstić information content (AvgIpc) is 2.92. The zero-order valence-corrected chi connectivity index (χ0v) is 23.5. The molecule has 1 heterocycles. The highest BCUT2D eigenvalue weighted by molar-refractivity contribution is 9.11. The van der Waals surface area contributed by atoms with Crippen LogP contribution in [0.4, 0.5) is 17.6 Å². The fourth-order valence-electron chi connectivity index (χ4n) is 3.93. The molecule has 4 aromatic carbocycles. The molecule has 0 amide bonds. The van der Waals surface area contributed by atoms with Gasteiger partial charge in [0.15, 0.2) is 5.82 Å². The van der Waals surface area contributed by atoms with Crippen LogP contribution in [-0.4, -0.2) is 15.9 Å². The van der Waals surface area contributed by atoms with Crippen molar-refractivity contribution in [2.45, 2.75) is 12.8 Å². The normalized spacial score (nSPS) is 11.8. The fraction of sp³-hybridized carbons (Fsp3) is 0.0690. The van der Waals surface area contributed by atoms with Crippen LogP contribution in [0, 0.1) is 5.82 Å². The number of hydrogen-bond donors (Lipinski definition) is 0. The van der Waals surface area contributed by atoms with Crippen LogP contribution in [0.1, 0.15) is 16.7 Å². The number of halogens is 6. The van der Waals surface area contributed by atoms with Crippen LogP contribution in [-0.2, 0) is 12.8 Å². The van der Waals surface area contributed by atoms with Gasteiger partial charge in [0.1, 0.15) is 18.2 Å². The summed E-state index contributed by atoms with van der Waals surface area (Å²) in [6.07, 6.45) is -3.19. The SMILES string of the molecule is O=c1c2ccccc2nc(-c2cccc(C(F)(F)F)c2)n1N=Cc1cc(Br)c(OCc2ccccc2F)c(Br)c1. The number of benzene rings is 4. The van der Waals surface area contributed by atoms with Crippen LogP contribution >= 0.6 is 31.9 Å². The highest BCUT2D eigenvalue weighted by Gasteiger charge is 2.31. The van der Waals surface area contributed by atoms with E-state index in [4.69, 9.17) is 4.74 Å². The van der Waals surface area contributed by atoms with Crippen molar-refractivity contribution in [1.82, 2.24) is 9.66 Å². The summed E-state index contributed by atoms with van der Waals surface area (Å²) >= 11 is 6.89. The maximum atomic E-state index is 14.0. The van der Waals surface area contributed by atoms with E-state index >= 15 is 0 Å². The van der Waals surface area contributed by atoms with Gasteiger partial charge in [0, 0.05) is 11.1 Å². The largest absolute Gasteiger partial charge is 0.486 e. The first-order valence-electron chi connectivity index (χ1n) is 11.7. The first-order valence-corrected chi connectivity index (χ1v) is 13.3. The van der Waals surface area contributed by atoms with Crippen LogP contribution in [0.3, 0.4) is 0 Å². The monoisotopic (exact) mass is 673 g/mol. The number of para-hydroxylation sites is 1. The Balaban J connectivity index is 1.54. The number of hydrogen-bond acceptors (Lipinski definition) is 4. The summed E-state index contributed by atoms with van der Waals surface area (Å²) in [5.74, 6) is -0.00636. The lowest BCUT2D eigenvalue weighted by Gasteiger charge is -2.13. The molecule has 0 unspecified atom stereocenters. The van der Waals surface area contributed by atoms with Gasteiger partial charge in [0.05, 0.1) is 31.6 Å². The average molecular weight is 675 g/mol. The zero-order chi connectivity index (χ0) is 28.4. The molecule has 5 aromatic rings. The summed E-state index contributed by atoms with van der Waals surface area (Å²) < 4.78 is 62.0. The lowest BCUT2D eigenvalue weighted by Crippen LogP contribution is -2.20. The molecule has 40 heavy (non-hydrogen) atoms. The minimum Gasteiger partial charge on any atom is -0.486 e. The highest BCUT2D eigenvalue weighted by atomic mass is 79.9. The Labute approximate surface area is 242 Å². The first kappa shape index (κ1) is 27.7. The Morgan fingerprint density at radius 3 is 2.35 bits per heavy atom. The van der Waals surface area contributed by atoms with Crippen LogP contribution in [0.2, 0.25) is 0 Å². The van der Waals surface area contributed by atoms with Gasteiger partial charge in [-0.2, -0.15) is 22.9 Å². The van der Waals surface area contributed by atoms with Gasteiger partial charge in [0.2, 0.25) is 0 Å². The molecular formula is C29H17Br2F4N3O2. The predicted molar refractivity (Wildman–Crippen MR) is 152 cm³/mol. The van der Waals surface area contributed by atoms with Gasteiger partial charge < -0.3 is 4.74 Å². The van der Waals surface area contributed by atoms with Gasteiger partial charge >= 0.3 is 6.18 Å². The molecule has 0 N–H and O–H groups in total. The fourth-order valence-corrected chi connectivity index (χ4v) is 5.38. The molecule has 0 atom stereocenters. The van der Waals surface area contributed by atoms with E-state index in [-0.39, 0.29) is 29.2 Å². The van der Waals surface area contributed by atoms with Crippen molar-refractivity contribution >= 4 is 49.0 Å². The lowest BCUT2D eigenvalue weighted by atomic mass is 10.1. The van der Waals surface area contributed by atoms with E-state index in [1.165, 1.54) is 24.4 Å². The van der Waals surface area contributed by atoms with Crippen molar-refractivity contribution in [3.05, 3.63) is 127 Å². The molecule has 0 saturated carbocycles. The minimum atomic E-state index is -4.57. The molecule has 5 rings (SSSR count). The summed E-state index contributed by atoms with van der Waals surface area (Å²) in [5, 5.41) is 4.57. The third-order valence-electron chi connectivity index (χ3n) is 5.87. The summed E-state index contributed by atoms with van der Waals surface area (Å²) in [6.45, 7) is -0.00416.